The number of rotatable bonds is 5. The van der Waals surface area contributed by atoms with Crippen molar-refractivity contribution in [1.29, 1.82) is 0 Å². The highest BCUT2D eigenvalue weighted by Gasteiger charge is 2.20. The molecule has 2 aromatic carbocycles. The van der Waals surface area contributed by atoms with E-state index in [0.717, 1.165) is 17.7 Å². The standard InChI is InChI=1S/C17H17F2NO2/c1-11(10-15(21)12-6-3-2-4-7-12)20-17(22)16-13(18)8-5-9-14(16)19/h2-9,11,15,21H,10H2,1H3,(H,20,22). The Morgan fingerprint density at radius 3 is 2.27 bits per heavy atom. The van der Waals surface area contributed by atoms with Gasteiger partial charge >= 0.3 is 0 Å². The summed E-state index contributed by atoms with van der Waals surface area (Å²) in [6, 6.07) is 11.8. The first kappa shape index (κ1) is 16.1. The van der Waals surface area contributed by atoms with Gasteiger partial charge in [0.2, 0.25) is 0 Å². The van der Waals surface area contributed by atoms with Crippen molar-refractivity contribution in [2.24, 2.45) is 0 Å². The molecule has 0 heterocycles. The van der Waals surface area contributed by atoms with Crippen molar-refractivity contribution in [2.75, 3.05) is 0 Å². The number of hydrogen-bond acceptors (Lipinski definition) is 2. The molecule has 0 saturated carbocycles. The molecule has 116 valence electrons. The molecule has 0 saturated heterocycles. The van der Waals surface area contributed by atoms with Crippen LogP contribution in [0, 0.1) is 11.6 Å². The van der Waals surface area contributed by atoms with Crippen LogP contribution < -0.4 is 5.32 Å². The zero-order valence-corrected chi connectivity index (χ0v) is 12.1. The van der Waals surface area contributed by atoms with Gasteiger partial charge in [-0.15, -0.1) is 0 Å². The molecule has 2 aromatic rings. The molecular formula is C17H17F2NO2. The van der Waals surface area contributed by atoms with Crippen molar-refractivity contribution in [3.8, 4) is 0 Å². The van der Waals surface area contributed by atoms with Crippen LogP contribution in [0.5, 0.6) is 0 Å². The molecule has 0 aliphatic rings. The third kappa shape index (κ3) is 3.89. The molecule has 0 bridgehead atoms. The molecular weight excluding hydrogens is 288 g/mol. The topological polar surface area (TPSA) is 49.3 Å². The third-order valence-electron chi connectivity index (χ3n) is 3.33. The van der Waals surface area contributed by atoms with E-state index in [9.17, 15) is 18.7 Å². The minimum absolute atomic E-state index is 0.242. The lowest BCUT2D eigenvalue weighted by Gasteiger charge is -2.18. The maximum atomic E-state index is 13.5. The van der Waals surface area contributed by atoms with Crippen LogP contribution in [-0.4, -0.2) is 17.1 Å². The molecule has 1 amide bonds. The number of nitrogens with one attached hydrogen (secondary N) is 1. The summed E-state index contributed by atoms with van der Waals surface area (Å²) in [5.74, 6) is -2.65. The highest BCUT2D eigenvalue weighted by Crippen LogP contribution is 2.18. The smallest absolute Gasteiger partial charge is 0.257 e. The average molecular weight is 305 g/mol. The average Bonchev–Trinajstić information content (AvgIpc) is 2.47. The van der Waals surface area contributed by atoms with E-state index in [4.69, 9.17) is 0 Å². The lowest BCUT2D eigenvalue weighted by molar-refractivity contribution is 0.0908. The van der Waals surface area contributed by atoms with Crippen LogP contribution in [0.25, 0.3) is 0 Å². The van der Waals surface area contributed by atoms with E-state index in [1.165, 1.54) is 6.07 Å². The quantitative estimate of drug-likeness (QED) is 0.891. The van der Waals surface area contributed by atoms with Crippen LogP contribution in [0.2, 0.25) is 0 Å². The second-order valence-corrected chi connectivity index (χ2v) is 5.13. The zero-order chi connectivity index (χ0) is 16.1. The third-order valence-corrected chi connectivity index (χ3v) is 3.33. The number of amides is 1. The normalized spacial score (nSPS) is 13.5. The van der Waals surface area contributed by atoms with Gasteiger partial charge in [0, 0.05) is 6.04 Å². The second kappa shape index (κ2) is 7.13. The van der Waals surface area contributed by atoms with Crippen LogP contribution in [0.4, 0.5) is 8.78 Å². The second-order valence-electron chi connectivity index (χ2n) is 5.13. The summed E-state index contributed by atoms with van der Waals surface area (Å²) in [7, 11) is 0. The molecule has 0 aliphatic carbocycles. The molecule has 0 spiro atoms. The highest BCUT2D eigenvalue weighted by atomic mass is 19.1. The first-order valence-electron chi connectivity index (χ1n) is 6.97. The monoisotopic (exact) mass is 305 g/mol. The molecule has 0 aliphatic heterocycles. The van der Waals surface area contributed by atoms with Gasteiger partial charge in [-0.2, -0.15) is 0 Å². The molecule has 22 heavy (non-hydrogen) atoms. The number of aliphatic hydroxyl groups excluding tert-OH is 1. The Hall–Kier alpha value is -2.27. The molecule has 0 fully saturated rings. The van der Waals surface area contributed by atoms with Gasteiger partial charge in [0.25, 0.3) is 5.91 Å². The van der Waals surface area contributed by atoms with Gasteiger partial charge in [0.05, 0.1) is 6.10 Å². The number of carbonyl (C=O) groups is 1. The van der Waals surface area contributed by atoms with Gasteiger partial charge < -0.3 is 10.4 Å². The van der Waals surface area contributed by atoms with Crippen molar-refractivity contribution in [1.82, 2.24) is 5.32 Å². The number of benzene rings is 2. The molecule has 2 unspecified atom stereocenters. The van der Waals surface area contributed by atoms with Crippen molar-refractivity contribution in [3.05, 3.63) is 71.3 Å². The van der Waals surface area contributed by atoms with Gasteiger partial charge in [0.15, 0.2) is 0 Å². The Morgan fingerprint density at radius 2 is 1.68 bits per heavy atom. The van der Waals surface area contributed by atoms with E-state index in [1.54, 1.807) is 31.2 Å². The SMILES string of the molecule is CC(CC(O)c1ccccc1)NC(=O)c1c(F)cccc1F. The molecule has 0 radical (unpaired) electrons. The van der Waals surface area contributed by atoms with Gasteiger partial charge in [-0.3, -0.25) is 4.79 Å². The largest absolute Gasteiger partial charge is 0.388 e. The molecule has 0 aromatic heterocycles. The van der Waals surface area contributed by atoms with E-state index < -0.39 is 35.3 Å². The van der Waals surface area contributed by atoms with Gasteiger partial charge in [-0.05, 0) is 31.0 Å². The number of hydrogen-bond donors (Lipinski definition) is 2. The van der Waals surface area contributed by atoms with Crippen LogP contribution in [0.1, 0.15) is 35.4 Å². The predicted octanol–water partition coefficient (Wildman–Crippen LogP) is 3.21. The number of halogens is 2. The first-order chi connectivity index (χ1) is 10.5. The van der Waals surface area contributed by atoms with Gasteiger partial charge in [-0.1, -0.05) is 36.4 Å². The maximum Gasteiger partial charge on any atom is 0.257 e. The van der Waals surface area contributed by atoms with Crippen molar-refractivity contribution >= 4 is 5.91 Å². The van der Waals surface area contributed by atoms with Crippen LogP contribution in [0.15, 0.2) is 48.5 Å². The van der Waals surface area contributed by atoms with Crippen molar-refractivity contribution in [2.45, 2.75) is 25.5 Å². The fourth-order valence-corrected chi connectivity index (χ4v) is 2.22. The van der Waals surface area contributed by atoms with E-state index in [0.29, 0.717) is 0 Å². The summed E-state index contributed by atoms with van der Waals surface area (Å²) in [6.07, 6.45) is -0.520. The summed E-state index contributed by atoms with van der Waals surface area (Å²) in [6.45, 7) is 1.67. The van der Waals surface area contributed by atoms with E-state index in [2.05, 4.69) is 5.32 Å². The lowest BCUT2D eigenvalue weighted by atomic mass is 10.0. The summed E-state index contributed by atoms with van der Waals surface area (Å²) < 4.78 is 27.1. The summed E-state index contributed by atoms with van der Waals surface area (Å²) >= 11 is 0. The minimum Gasteiger partial charge on any atom is -0.388 e. The molecule has 2 atom stereocenters. The lowest BCUT2D eigenvalue weighted by Crippen LogP contribution is -2.34. The predicted molar refractivity (Wildman–Crippen MR) is 79.3 cm³/mol. The van der Waals surface area contributed by atoms with E-state index in [-0.39, 0.29) is 6.42 Å². The van der Waals surface area contributed by atoms with Gasteiger partial charge in [-0.25, -0.2) is 8.78 Å². The highest BCUT2D eigenvalue weighted by molar-refractivity contribution is 5.94. The Labute approximate surface area is 127 Å². The molecule has 3 nitrogen and oxygen atoms in total. The number of aliphatic hydroxyl groups is 1. The maximum absolute atomic E-state index is 13.5. The fourth-order valence-electron chi connectivity index (χ4n) is 2.22. The Balaban J connectivity index is 2.00. The fraction of sp³-hybridized carbons (Fsp3) is 0.235. The van der Waals surface area contributed by atoms with Crippen LogP contribution in [0.3, 0.4) is 0 Å². The molecule has 5 heteroatoms. The molecule has 2 N–H and O–H groups in total. The Kier molecular flexibility index (Phi) is 5.22. The number of carbonyl (C=O) groups excluding carboxylic acids is 1. The minimum atomic E-state index is -0.909. The van der Waals surface area contributed by atoms with Gasteiger partial charge in [0.1, 0.15) is 17.2 Å². The Morgan fingerprint density at radius 1 is 1.09 bits per heavy atom. The molecule has 2 rings (SSSR count). The summed E-state index contributed by atoms with van der Waals surface area (Å²) in [5, 5.41) is 12.6. The Bertz CT molecular complexity index is 626. The summed E-state index contributed by atoms with van der Waals surface area (Å²) in [4.78, 5) is 11.9. The van der Waals surface area contributed by atoms with E-state index in [1.807, 2.05) is 6.07 Å². The zero-order valence-electron chi connectivity index (χ0n) is 12.1. The van der Waals surface area contributed by atoms with Crippen molar-refractivity contribution in [3.63, 3.8) is 0 Å². The van der Waals surface area contributed by atoms with Crippen LogP contribution in [-0.2, 0) is 0 Å². The summed E-state index contributed by atoms with van der Waals surface area (Å²) in [5.41, 5.74) is 0.115. The van der Waals surface area contributed by atoms with Crippen LogP contribution >= 0.6 is 0 Å². The van der Waals surface area contributed by atoms with Crippen molar-refractivity contribution < 1.29 is 18.7 Å². The first-order valence-corrected chi connectivity index (χ1v) is 6.97. The van der Waals surface area contributed by atoms with E-state index >= 15 is 0 Å².